The summed E-state index contributed by atoms with van der Waals surface area (Å²) in [5, 5.41) is 11.1. The van der Waals surface area contributed by atoms with Crippen molar-refractivity contribution in [3.05, 3.63) is 63.9 Å². The summed E-state index contributed by atoms with van der Waals surface area (Å²) in [6.07, 6.45) is -4.03. The highest BCUT2D eigenvalue weighted by Crippen LogP contribution is 2.35. The predicted molar refractivity (Wildman–Crippen MR) is 105 cm³/mol. The summed E-state index contributed by atoms with van der Waals surface area (Å²) >= 11 is 6.18. The Morgan fingerprint density at radius 1 is 1.27 bits per heavy atom. The number of nitrogens with zero attached hydrogens (tertiary/aromatic N) is 3. The maximum Gasteiger partial charge on any atom is 0.416 e. The first kappa shape index (κ1) is 22.3. The first-order chi connectivity index (χ1) is 14.2. The molecule has 4 nitrogen and oxygen atoms in total. The van der Waals surface area contributed by atoms with Gasteiger partial charge < -0.3 is 4.90 Å². The van der Waals surface area contributed by atoms with Gasteiger partial charge >= 0.3 is 6.18 Å². The van der Waals surface area contributed by atoms with Gasteiger partial charge in [-0.25, -0.2) is 4.39 Å². The average Bonchev–Trinajstić information content (AvgIpc) is 2.71. The number of hydrogen-bond acceptors (Lipinski definition) is 4. The van der Waals surface area contributed by atoms with Gasteiger partial charge in [-0.05, 0) is 48.4 Å². The maximum absolute atomic E-state index is 13.8. The Kier molecular flexibility index (Phi) is 6.86. The molecule has 9 heteroatoms. The molecule has 1 saturated heterocycles. The van der Waals surface area contributed by atoms with E-state index in [-0.39, 0.29) is 28.7 Å². The maximum atomic E-state index is 13.8. The van der Waals surface area contributed by atoms with Crippen molar-refractivity contribution < 1.29 is 22.4 Å². The predicted octanol–water partition coefficient (Wildman–Crippen LogP) is 5.40. The van der Waals surface area contributed by atoms with Gasteiger partial charge in [0.05, 0.1) is 22.8 Å². The van der Waals surface area contributed by atoms with Crippen molar-refractivity contribution in [3.8, 4) is 6.07 Å². The lowest BCUT2D eigenvalue weighted by Gasteiger charge is -2.40. The molecular formula is C21H20ClF4N3O. The number of halogens is 5. The third-order valence-electron chi connectivity index (χ3n) is 5.05. The Hall–Kier alpha value is -2.34. The van der Waals surface area contributed by atoms with E-state index < -0.39 is 17.6 Å². The monoisotopic (exact) mass is 441 g/mol. The largest absolute Gasteiger partial charge is 0.416 e. The van der Waals surface area contributed by atoms with Gasteiger partial charge in [0.25, 0.3) is 0 Å². The van der Waals surface area contributed by atoms with Crippen molar-refractivity contribution in [1.82, 2.24) is 5.06 Å². The third kappa shape index (κ3) is 5.04. The number of hydroxylamine groups is 2. The highest BCUT2D eigenvalue weighted by molar-refractivity contribution is 6.32. The highest BCUT2D eigenvalue weighted by Gasteiger charge is 2.35. The van der Waals surface area contributed by atoms with Gasteiger partial charge in [-0.15, -0.1) is 0 Å². The summed E-state index contributed by atoms with van der Waals surface area (Å²) in [7, 11) is 0. The first-order valence-corrected chi connectivity index (χ1v) is 9.80. The van der Waals surface area contributed by atoms with E-state index in [1.807, 2.05) is 13.0 Å². The molecule has 3 rings (SSSR count). The van der Waals surface area contributed by atoms with E-state index in [1.54, 1.807) is 22.1 Å². The van der Waals surface area contributed by atoms with Crippen LogP contribution in [0.5, 0.6) is 0 Å². The van der Waals surface area contributed by atoms with Crippen LogP contribution in [0.15, 0.2) is 36.4 Å². The number of anilines is 1. The normalized spacial score (nSPS) is 17.6. The Morgan fingerprint density at radius 2 is 2.03 bits per heavy atom. The van der Waals surface area contributed by atoms with E-state index in [0.29, 0.717) is 31.8 Å². The second kappa shape index (κ2) is 9.21. The van der Waals surface area contributed by atoms with Gasteiger partial charge in [-0.1, -0.05) is 18.5 Å². The van der Waals surface area contributed by atoms with Crippen molar-refractivity contribution >= 4 is 17.3 Å². The number of alkyl halides is 3. The zero-order valence-electron chi connectivity index (χ0n) is 16.2. The Morgan fingerprint density at radius 3 is 2.67 bits per heavy atom. The molecule has 1 atom stereocenters. The van der Waals surface area contributed by atoms with Gasteiger partial charge in [0.15, 0.2) is 0 Å². The van der Waals surface area contributed by atoms with E-state index in [9.17, 15) is 17.6 Å². The quantitative estimate of drug-likeness (QED) is 0.582. The summed E-state index contributed by atoms with van der Waals surface area (Å²) in [6.45, 7) is 3.24. The minimum atomic E-state index is -4.61. The molecule has 1 aliphatic rings. The molecule has 0 saturated carbocycles. The lowest BCUT2D eigenvalue weighted by molar-refractivity contribution is -0.182. The number of benzene rings is 2. The molecule has 1 fully saturated rings. The average molecular weight is 442 g/mol. The lowest BCUT2D eigenvalue weighted by Crippen LogP contribution is -2.48. The minimum absolute atomic E-state index is 0.169. The molecule has 2 aromatic rings. The van der Waals surface area contributed by atoms with Crippen LogP contribution in [-0.2, 0) is 17.6 Å². The number of hydrogen-bond donors (Lipinski definition) is 0. The van der Waals surface area contributed by atoms with Crippen LogP contribution in [0.4, 0.5) is 23.2 Å². The van der Waals surface area contributed by atoms with E-state index in [1.165, 1.54) is 6.07 Å². The topological polar surface area (TPSA) is 39.5 Å². The van der Waals surface area contributed by atoms with Crippen molar-refractivity contribution in [2.75, 3.05) is 24.6 Å². The van der Waals surface area contributed by atoms with E-state index in [4.69, 9.17) is 21.7 Å². The standard InChI is InChI=1S/C21H20ClF4N3O/c1-2-28-13-18(7-8-30-28)29(17-5-3-14(11-27)20(22)10-17)12-15-9-16(23)4-6-19(15)21(24,25)26/h3-6,9-10,18H,2,7-8,12-13H2,1H3/t18-/m0/s1. The summed E-state index contributed by atoms with van der Waals surface area (Å²) in [6, 6.07) is 8.98. The van der Waals surface area contributed by atoms with Gasteiger partial charge in [0.2, 0.25) is 0 Å². The van der Waals surface area contributed by atoms with Crippen molar-refractivity contribution in [2.45, 2.75) is 32.1 Å². The van der Waals surface area contributed by atoms with Crippen LogP contribution in [0.25, 0.3) is 0 Å². The molecule has 0 N–H and O–H groups in total. The fourth-order valence-corrected chi connectivity index (χ4v) is 3.75. The van der Waals surface area contributed by atoms with Crippen molar-refractivity contribution in [1.29, 1.82) is 5.26 Å². The third-order valence-corrected chi connectivity index (χ3v) is 5.36. The molecular weight excluding hydrogens is 422 g/mol. The number of rotatable bonds is 5. The SMILES string of the molecule is CCN1C[C@@H](N(Cc2cc(F)ccc2C(F)(F)F)c2ccc(C#N)c(Cl)c2)CCO1. The number of likely N-dealkylation sites (N-methyl/N-ethyl adjacent to an activating group) is 1. The number of nitriles is 1. The van der Waals surface area contributed by atoms with Crippen LogP contribution in [0.3, 0.4) is 0 Å². The molecule has 0 amide bonds. The van der Waals surface area contributed by atoms with Crippen molar-refractivity contribution in [2.24, 2.45) is 0 Å². The van der Waals surface area contributed by atoms with E-state index in [0.717, 1.165) is 18.2 Å². The molecule has 0 unspecified atom stereocenters. The van der Waals surface area contributed by atoms with Crippen LogP contribution in [-0.4, -0.2) is 30.8 Å². The van der Waals surface area contributed by atoms with E-state index in [2.05, 4.69) is 0 Å². The van der Waals surface area contributed by atoms with Crippen LogP contribution in [0.2, 0.25) is 5.02 Å². The Balaban J connectivity index is 2.04. The molecule has 0 radical (unpaired) electrons. The zero-order chi connectivity index (χ0) is 21.9. The fourth-order valence-electron chi connectivity index (χ4n) is 3.53. The Labute approximate surface area is 177 Å². The molecule has 0 aliphatic carbocycles. The van der Waals surface area contributed by atoms with Crippen molar-refractivity contribution in [3.63, 3.8) is 0 Å². The second-order valence-corrected chi connectivity index (χ2v) is 7.37. The smallest absolute Gasteiger partial charge is 0.363 e. The summed E-state index contributed by atoms with van der Waals surface area (Å²) in [4.78, 5) is 7.31. The zero-order valence-corrected chi connectivity index (χ0v) is 17.0. The first-order valence-electron chi connectivity index (χ1n) is 9.42. The summed E-state index contributed by atoms with van der Waals surface area (Å²) < 4.78 is 54.4. The van der Waals surface area contributed by atoms with Crippen LogP contribution >= 0.6 is 11.6 Å². The molecule has 1 aliphatic heterocycles. The van der Waals surface area contributed by atoms with Gasteiger partial charge in [-0.3, -0.25) is 4.84 Å². The highest BCUT2D eigenvalue weighted by atomic mass is 35.5. The molecule has 0 aromatic heterocycles. The molecule has 0 bridgehead atoms. The van der Waals surface area contributed by atoms with Gasteiger partial charge in [-0.2, -0.15) is 23.5 Å². The van der Waals surface area contributed by atoms with Crippen LogP contribution in [0.1, 0.15) is 30.0 Å². The molecule has 1 heterocycles. The molecule has 160 valence electrons. The minimum Gasteiger partial charge on any atom is -0.363 e. The van der Waals surface area contributed by atoms with Gasteiger partial charge in [0, 0.05) is 31.4 Å². The fraction of sp³-hybridized carbons (Fsp3) is 0.381. The Bertz CT molecular complexity index is 945. The lowest BCUT2D eigenvalue weighted by atomic mass is 10.0. The summed E-state index contributed by atoms with van der Waals surface area (Å²) in [5.74, 6) is -0.738. The van der Waals surface area contributed by atoms with Gasteiger partial charge in [0.1, 0.15) is 11.9 Å². The van der Waals surface area contributed by atoms with Crippen LogP contribution in [0, 0.1) is 17.1 Å². The molecule has 0 spiro atoms. The summed E-state index contributed by atoms with van der Waals surface area (Å²) in [5.41, 5.74) is -0.228. The van der Waals surface area contributed by atoms with E-state index >= 15 is 0 Å². The second-order valence-electron chi connectivity index (χ2n) is 6.96. The molecule has 30 heavy (non-hydrogen) atoms. The van der Waals surface area contributed by atoms with Crippen LogP contribution < -0.4 is 4.90 Å². The molecule has 2 aromatic carbocycles.